The Hall–Kier alpha value is -1.59. The number of rotatable bonds is 4. The maximum atomic E-state index is 12.1. The van der Waals surface area contributed by atoms with E-state index in [-0.39, 0.29) is 30.1 Å². The first-order chi connectivity index (χ1) is 10.3. The highest BCUT2D eigenvalue weighted by Gasteiger charge is 2.26. The first kappa shape index (κ1) is 16.8. The van der Waals surface area contributed by atoms with Gasteiger partial charge in [0.2, 0.25) is 11.8 Å². The van der Waals surface area contributed by atoms with Crippen molar-refractivity contribution in [1.82, 2.24) is 10.6 Å². The maximum Gasteiger partial charge on any atom is 0.231 e. The van der Waals surface area contributed by atoms with E-state index in [9.17, 15) is 9.59 Å². The fourth-order valence-electron chi connectivity index (χ4n) is 3.08. The Balaban J connectivity index is 0.00000176. The minimum Gasteiger partial charge on any atom is -0.354 e. The van der Waals surface area contributed by atoms with Gasteiger partial charge in [-0.05, 0) is 37.6 Å². The molecule has 0 bridgehead atoms. The van der Waals surface area contributed by atoms with E-state index in [1.807, 2.05) is 24.3 Å². The Bertz CT molecular complexity index is 544. The van der Waals surface area contributed by atoms with Crippen LogP contribution in [0.15, 0.2) is 24.3 Å². The van der Waals surface area contributed by atoms with Crippen LogP contribution >= 0.6 is 12.4 Å². The number of hydrogen-bond acceptors (Lipinski definition) is 3. The fourth-order valence-corrected chi connectivity index (χ4v) is 3.08. The second-order valence-electron chi connectivity index (χ2n) is 5.67. The lowest BCUT2D eigenvalue weighted by Gasteiger charge is -2.23. The van der Waals surface area contributed by atoms with Crippen molar-refractivity contribution in [2.24, 2.45) is 5.92 Å². The van der Waals surface area contributed by atoms with Crippen molar-refractivity contribution >= 4 is 29.9 Å². The summed E-state index contributed by atoms with van der Waals surface area (Å²) in [6.07, 6.45) is 2.27. The van der Waals surface area contributed by atoms with E-state index in [1.54, 1.807) is 4.90 Å². The SMILES string of the molecule is Cl.O=C(NCCN1C(=O)Cc2ccccc21)C1CCNCC1. The standard InChI is InChI=1S/C16H21N3O2.ClH/c20-15-11-13-3-1-2-4-14(13)19(15)10-9-18-16(21)12-5-7-17-8-6-12;/h1-4,12,17H,5-11H2,(H,18,21);1H. The van der Waals surface area contributed by atoms with E-state index in [0.29, 0.717) is 19.5 Å². The minimum absolute atomic E-state index is 0. The third kappa shape index (κ3) is 3.59. The number of fused-ring (bicyclic) bond motifs is 1. The van der Waals surface area contributed by atoms with Crippen LogP contribution in [0, 0.1) is 5.92 Å². The van der Waals surface area contributed by atoms with Gasteiger partial charge in [0.05, 0.1) is 6.42 Å². The zero-order chi connectivity index (χ0) is 14.7. The fraction of sp³-hybridized carbons (Fsp3) is 0.500. The molecule has 3 rings (SSSR count). The van der Waals surface area contributed by atoms with Gasteiger partial charge >= 0.3 is 0 Å². The molecule has 5 nitrogen and oxygen atoms in total. The normalized spacial score (nSPS) is 17.8. The summed E-state index contributed by atoms with van der Waals surface area (Å²) in [6.45, 7) is 2.89. The van der Waals surface area contributed by atoms with Crippen molar-refractivity contribution < 1.29 is 9.59 Å². The van der Waals surface area contributed by atoms with E-state index in [0.717, 1.165) is 37.2 Å². The number of nitrogens with zero attached hydrogens (tertiary/aromatic N) is 1. The first-order valence-electron chi connectivity index (χ1n) is 7.62. The molecular weight excluding hydrogens is 302 g/mol. The van der Waals surface area contributed by atoms with Crippen LogP contribution in [0.4, 0.5) is 5.69 Å². The number of anilines is 1. The predicted octanol–water partition coefficient (Wildman–Crippen LogP) is 1.11. The molecule has 2 amide bonds. The molecule has 2 aliphatic heterocycles. The molecule has 2 heterocycles. The highest BCUT2D eigenvalue weighted by molar-refractivity contribution is 6.01. The molecule has 2 aliphatic rings. The molecule has 1 fully saturated rings. The van der Waals surface area contributed by atoms with Gasteiger partial charge in [0.25, 0.3) is 0 Å². The van der Waals surface area contributed by atoms with E-state index >= 15 is 0 Å². The first-order valence-corrected chi connectivity index (χ1v) is 7.62. The van der Waals surface area contributed by atoms with Crippen LogP contribution in [0.1, 0.15) is 18.4 Å². The molecule has 0 spiro atoms. The van der Waals surface area contributed by atoms with Crippen LogP contribution in [0.3, 0.4) is 0 Å². The lowest BCUT2D eigenvalue weighted by molar-refractivity contribution is -0.125. The minimum atomic E-state index is 0. The van der Waals surface area contributed by atoms with Gasteiger partial charge in [-0.3, -0.25) is 9.59 Å². The molecule has 0 radical (unpaired) electrons. The van der Waals surface area contributed by atoms with Gasteiger partial charge in [0.1, 0.15) is 0 Å². The lowest BCUT2D eigenvalue weighted by atomic mass is 9.97. The molecule has 0 unspecified atom stereocenters. The molecule has 0 aromatic heterocycles. The highest BCUT2D eigenvalue weighted by atomic mass is 35.5. The number of carbonyl (C=O) groups is 2. The summed E-state index contributed by atoms with van der Waals surface area (Å²) in [5.74, 6) is 0.358. The molecule has 1 aromatic carbocycles. The quantitative estimate of drug-likeness (QED) is 0.872. The molecular formula is C16H22ClN3O2. The number of carbonyl (C=O) groups excluding carboxylic acids is 2. The Morgan fingerprint density at radius 1 is 1.27 bits per heavy atom. The summed E-state index contributed by atoms with van der Waals surface area (Å²) in [7, 11) is 0. The highest BCUT2D eigenvalue weighted by Crippen LogP contribution is 2.27. The number of hydrogen-bond donors (Lipinski definition) is 2. The van der Waals surface area contributed by atoms with E-state index in [1.165, 1.54) is 0 Å². The van der Waals surface area contributed by atoms with Crippen molar-refractivity contribution in [1.29, 1.82) is 0 Å². The third-order valence-electron chi connectivity index (χ3n) is 4.27. The van der Waals surface area contributed by atoms with Crippen molar-refractivity contribution in [2.45, 2.75) is 19.3 Å². The number of piperidine rings is 1. The Kier molecular flexibility index (Phi) is 5.80. The van der Waals surface area contributed by atoms with E-state index in [4.69, 9.17) is 0 Å². The average Bonchev–Trinajstić information content (AvgIpc) is 2.84. The number of benzene rings is 1. The van der Waals surface area contributed by atoms with E-state index < -0.39 is 0 Å². The zero-order valence-corrected chi connectivity index (χ0v) is 13.3. The van der Waals surface area contributed by atoms with Crippen molar-refractivity contribution in [3.8, 4) is 0 Å². The molecule has 22 heavy (non-hydrogen) atoms. The number of para-hydroxylation sites is 1. The van der Waals surface area contributed by atoms with Crippen LogP contribution in [0.5, 0.6) is 0 Å². The second kappa shape index (κ2) is 7.61. The van der Waals surface area contributed by atoms with Gasteiger partial charge in [0.15, 0.2) is 0 Å². The molecule has 1 aromatic rings. The maximum absolute atomic E-state index is 12.1. The second-order valence-corrected chi connectivity index (χ2v) is 5.67. The summed E-state index contributed by atoms with van der Waals surface area (Å²) in [4.78, 5) is 25.8. The topological polar surface area (TPSA) is 61.4 Å². The Morgan fingerprint density at radius 3 is 2.77 bits per heavy atom. The Labute approximate surface area is 136 Å². The summed E-state index contributed by atoms with van der Waals surface area (Å²) in [5, 5.41) is 6.22. The van der Waals surface area contributed by atoms with Crippen molar-refractivity contribution in [3.05, 3.63) is 29.8 Å². The summed E-state index contributed by atoms with van der Waals surface area (Å²) in [6, 6.07) is 7.85. The number of nitrogens with one attached hydrogen (secondary N) is 2. The van der Waals surface area contributed by atoms with Gasteiger partial charge in [0, 0.05) is 24.7 Å². The van der Waals surface area contributed by atoms with Gasteiger partial charge in [-0.1, -0.05) is 18.2 Å². The van der Waals surface area contributed by atoms with Crippen LogP contribution in [0.2, 0.25) is 0 Å². The number of halogens is 1. The predicted molar refractivity (Wildman–Crippen MR) is 88.4 cm³/mol. The van der Waals surface area contributed by atoms with Crippen LogP contribution in [-0.4, -0.2) is 38.0 Å². The van der Waals surface area contributed by atoms with Crippen LogP contribution in [0.25, 0.3) is 0 Å². The smallest absolute Gasteiger partial charge is 0.231 e. The molecule has 0 aliphatic carbocycles. The average molecular weight is 324 g/mol. The van der Waals surface area contributed by atoms with Gasteiger partial charge in [-0.15, -0.1) is 12.4 Å². The van der Waals surface area contributed by atoms with Gasteiger partial charge in [-0.25, -0.2) is 0 Å². The molecule has 0 atom stereocenters. The zero-order valence-electron chi connectivity index (χ0n) is 12.5. The lowest BCUT2D eigenvalue weighted by Crippen LogP contribution is -2.41. The molecule has 2 N–H and O–H groups in total. The van der Waals surface area contributed by atoms with Gasteiger partial charge in [-0.2, -0.15) is 0 Å². The molecule has 6 heteroatoms. The van der Waals surface area contributed by atoms with E-state index in [2.05, 4.69) is 10.6 Å². The molecule has 120 valence electrons. The van der Waals surface area contributed by atoms with Crippen LogP contribution in [-0.2, 0) is 16.0 Å². The van der Waals surface area contributed by atoms with Crippen molar-refractivity contribution in [3.63, 3.8) is 0 Å². The molecule has 0 saturated carbocycles. The monoisotopic (exact) mass is 323 g/mol. The van der Waals surface area contributed by atoms with Crippen LogP contribution < -0.4 is 15.5 Å². The third-order valence-corrected chi connectivity index (χ3v) is 4.27. The summed E-state index contributed by atoms with van der Waals surface area (Å²) in [5.41, 5.74) is 2.06. The van der Waals surface area contributed by atoms with Gasteiger partial charge < -0.3 is 15.5 Å². The number of amides is 2. The summed E-state index contributed by atoms with van der Waals surface area (Å²) < 4.78 is 0. The van der Waals surface area contributed by atoms with Crippen molar-refractivity contribution in [2.75, 3.05) is 31.1 Å². The largest absolute Gasteiger partial charge is 0.354 e. The molecule has 1 saturated heterocycles. The Morgan fingerprint density at radius 2 is 2.00 bits per heavy atom. The summed E-state index contributed by atoms with van der Waals surface area (Å²) >= 11 is 0.